The monoisotopic (exact) mass is 335 g/mol. The summed E-state index contributed by atoms with van der Waals surface area (Å²) in [4.78, 5) is 11.2. The average molecular weight is 336 g/mol. The molecule has 0 heterocycles. The highest BCUT2D eigenvalue weighted by molar-refractivity contribution is 9.10. The van der Waals surface area contributed by atoms with Crippen LogP contribution in [0.25, 0.3) is 0 Å². The second-order valence-electron chi connectivity index (χ2n) is 4.39. The summed E-state index contributed by atoms with van der Waals surface area (Å²) in [6.07, 6.45) is 0. The number of carbonyl (C=O) groups is 1. The number of nitrogens with two attached hydrogens (primary N) is 1. The van der Waals surface area contributed by atoms with Gasteiger partial charge in [-0.05, 0) is 30.7 Å². The zero-order valence-corrected chi connectivity index (χ0v) is 12.5. The zero-order valence-electron chi connectivity index (χ0n) is 10.9. The van der Waals surface area contributed by atoms with Crippen molar-refractivity contribution in [1.29, 1.82) is 0 Å². The minimum atomic E-state index is -1.05. The minimum absolute atomic E-state index is 0.0974. The van der Waals surface area contributed by atoms with Crippen molar-refractivity contribution in [3.8, 4) is 5.75 Å². The van der Waals surface area contributed by atoms with Gasteiger partial charge in [-0.1, -0.05) is 34.1 Å². The van der Waals surface area contributed by atoms with E-state index in [9.17, 15) is 9.90 Å². The van der Waals surface area contributed by atoms with Gasteiger partial charge in [0.25, 0.3) is 0 Å². The second kappa shape index (κ2) is 5.96. The number of benzene rings is 2. The van der Waals surface area contributed by atoms with Crippen molar-refractivity contribution in [1.82, 2.24) is 0 Å². The van der Waals surface area contributed by atoms with Crippen LogP contribution >= 0.6 is 15.9 Å². The van der Waals surface area contributed by atoms with Gasteiger partial charge in [0.1, 0.15) is 12.4 Å². The predicted octanol–water partition coefficient (Wildman–Crippen LogP) is 3.62. The number of hydrogen-bond acceptors (Lipinski definition) is 3. The third kappa shape index (κ3) is 3.11. The first-order valence-corrected chi connectivity index (χ1v) is 6.78. The lowest BCUT2D eigenvalue weighted by atomic mass is 10.1. The highest BCUT2D eigenvalue weighted by atomic mass is 79.9. The maximum absolute atomic E-state index is 11.2. The summed E-state index contributed by atoms with van der Waals surface area (Å²) in [5.74, 6) is -0.342. The van der Waals surface area contributed by atoms with E-state index in [-0.39, 0.29) is 17.9 Å². The van der Waals surface area contributed by atoms with Crippen LogP contribution in [-0.2, 0) is 6.61 Å². The van der Waals surface area contributed by atoms with E-state index in [0.29, 0.717) is 11.3 Å². The Morgan fingerprint density at radius 2 is 2.10 bits per heavy atom. The van der Waals surface area contributed by atoms with Gasteiger partial charge in [0, 0.05) is 15.7 Å². The maximum atomic E-state index is 11.2. The van der Waals surface area contributed by atoms with E-state index < -0.39 is 5.97 Å². The normalized spacial score (nSPS) is 10.3. The number of ether oxygens (including phenoxy) is 1. The van der Waals surface area contributed by atoms with Crippen LogP contribution in [0.15, 0.2) is 40.9 Å². The molecule has 20 heavy (non-hydrogen) atoms. The molecule has 0 aliphatic carbocycles. The van der Waals surface area contributed by atoms with E-state index >= 15 is 0 Å². The van der Waals surface area contributed by atoms with E-state index in [2.05, 4.69) is 15.9 Å². The van der Waals surface area contributed by atoms with Gasteiger partial charge >= 0.3 is 5.97 Å². The van der Waals surface area contributed by atoms with Crippen molar-refractivity contribution in [2.75, 3.05) is 5.73 Å². The number of nitrogen functional groups attached to an aromatic ring is 1. The van der Waals surface area contributed by atoms with E-state index in [0.717, 1.165) is 10.0 Å². The molecular formula is C15H14BrNO3. The molecule has 0 aliphatic heterocycles. The first-order valence-electron chi connectivity index (χ1n) is 5.98. The molecule has 0 radical (unpaired) electrons. The van der Waals surface area contributed by atoms with Gasteiger partial charge in [0.15, 0.2) is 0 Å². The van der Waals surface area contributed by atoms with Gasteiger partial charge in [-0.15, -0.1) is 0 Å². The van der Waals surface area contributed by atoms with Crippen molar-refractivity contribution in [3.63, 3.8) is 0 Å². The van der Waals surface area contributed by atoms with E-state index in [4.69, 9.17) is 10.5 Å². The van der Waals surface area contributed by atoms with Crippen LogP contribution in [-0.4, -0.2) is 11.1 Å². The summed E-state index contributed by atoms with van der Waals surface area (Å²) in [6, 6.07) is 10.7. The number of carboxylic acids is 1. The highest BCUT2D eigenvalue weighted by Gasteiger charge is 2.14. The van der Waals surface area contributed by atoms with Crippen LogP contribution in [0, 0.1) is 6.92 Å². The molecule has 0 saturated heterocycles. The summed E-state index contributed by atoms with van der Waals surface area (Å²) in [6.45, 7) is 2.09. The summed E-state index contributed by atoms with van der Waals surface area (Å²) in [7, 11) is 0. The van der Waals surface area contributed by atoms with Gasteiger partial charge in [0.05, 0.1) is 5.56 Å². The number of aromatic carboxylic acids is 1. The zero-order chi connectivity index (χ0) is 14.7. The topological polar surface area (TPSA) is 72.5 Å². The van der Waals surface area contributed by atoms with Crippen LogP contribution in [0.2, 0.25) is 0 Å². The standard InChI is InChI=1S/C15H14BrNO3/c1-9-5-6-11(16)7-13(9)20-8-10-3-2-4-12(17)14(10)15(18)19/h2-7H,8,17H2,1H3,(H,18,19). The minimum Gasteiger partial charge on any atom is -0.489 e. The SMILES string of the molecule is Cc1ccc(Br)cc1OCc1cccc(N)c1C(=O)O. The quantitative estimate of drug-likeness (QED) is 0.837. The lowest BCUT2D eigenvalue weighted by Crippen LogP contribution is -2.09. The lowest BCUT2D eigenvalue weighted by Gasteiger charge is -2.12. The number of carboxylic acid groups (broad SMARTS) is 1. The molecule has 0 spiro atoms. The number of halogens is 1. The molecular weight excluding hydrogens is 322 g/mol. The smallest absolute Gasteiger partial charge is 0.338 e. The fourth-order valence-corrected chi connectivity index (χ4v) is 2.23. The van der Waals surface area contributed by atoms with Gasteiger partial charge in [-0.25, -0.2) is 4.79 Å². The third-order valence-electron chi connectivity index (χ3n) is 2.93. The highest BCUT2D eigenvalue weighted by Crippen LogP contribution is 2.25. The van der Waals surface area contributed by atoms with Crippen LogP contribution < -0.4 is 10.5 Å². The van der Waals surface area contributed by atoms with Gasteiger partial charge in [-0.3, -0.25) is 0 Å². The first kappa shape index (κ1) is 14.4. The lowest BCUT2D eigenvalue weighted by molar-refractivity contribution is 0.0695. The van der Waals surface area contributed by atoms with Crippen LogP contribution in [0.5, 0.6) is 5.75 Å². The van der Waals surface area contributed by atoms with Gasteiger partial charge in [0.2, 0.25) is 0 Å². The maximum Gasteiger partial charge on any atom is 0.338 e. The Morgan fingerprint density at radius 1 is 1.35 bits per heavy atom. The van der Waals surface area contributed by atoms with Gasteiger partial charge in [-0.2, -0.15) is 0 Å². The average Bonchev–Trinajstić information content (AvgIpc) is 2.39. The second-order valence-corrected chi connectivity index (χ2v) is 5.30. The fraction of sp³-hybridized carbons (Fsp3) is 0.133. The Kier molecular flexibility index (Phi) is 4.29. The van der Waals surface area contributed by atoms with Crippen LogP contribution in [0.3, 0.4) is 0 Å². The molecule has 2 rings (SSSR count). The van der Waals surface area contributed by atoms with E-state index in [1.54, 1.807) is 18.2 Å². The summed E-state index contributed by atoms with van der Waals surface area (Å²) in [5, 5.41) is 9.20. The predicted molar refractivity (Wildman–Crippen MR) is 81.0 cm³/mol. The molecule has 0 saturated carbocycles. The molecule has 0 fully saturated rings. The van der Waals surface area contributed by atoms with Crippen molar-refractivity contribution in [2.45, 2.75) is 13.5 Å². The molecule has 0 unspecified atom stereocenters. The number of rotatable bonds is 4. The fourth-order valence-electron chi connectivity index (χ4n) is 1.89. The Hall–Kier alpha value is -2.01. The summed E-state index contributed by atoms with van der Waals surface area (Å²) < 4.78 is 6.61. The van der Waals surface area contributed by atoms with Crippen molar-refractivity contribution >= 4 is 27.6 Å². The van der Waals surface area contributed by atoms with Crippen molar-refractivity contribution in [2.24, 2.45) is 0 Å². The molecule has 3 N–H and O–H groups in total. The molecule has 2 aromatic rings. The largest absolute Gasteiger partial charge is 0.489 e. The van der Waals surface area contributed by atoms with Crippen molar-refractivity contribution < 1.29 is 14.6 Å². The summed E-state index contributed by atoms with van der Waals surface area (Å²) in [5.41, 5.74) is 7.57. The molecule has 104 valence electrons. The van der Waals surface area contributed by atoms with Crippen LogP contribution in [0.4, 0.5) is 5.69 Å². The van der Waals surface area contributed by atoms with Gasteiger partial charge < -0.3 is 15.6 Å². The van der Waals surface area contributed by atoms with Crippen molar-refractivity contribution in [3.05, 3.63) is 57.6 Å². The molecule has 0 aromatic heterocycles. The van der Waals surface area contributed by atoms with E-state index in [1.165, 1.54) is 0 Å². The molecule has 0 amide bonds. The Balaban J connectivity index is 2.25. The Labute approximate surface area is 125 Å². The molecule has 0 atom stereocenters. The molecule has 0 aliphatic rings. The molecule has 5 heteroatoms. The molecule has 4 nitrogen and oxygen atoms in total. The van der Waals surface area contributed by atoms with E-state index in [1.807, 2.05) is 25.1 Å². The number of aryl methyl sites for hydroxylation is 1. The molecule has 2 aromatic carbocycles. The number of anilines is 1. The Morgan fingerprint density at radius 3 is 2.80 bits per heavy atom. The summed E-state index contributed by atoms with van der Waals surface area (Å²) >= 11 is 3.38. The Bertz CT molecular complexity index is 656. The number of hydrogen-bond donors (Lipinski definition) is 2. The van der Waals surface area contributed by atoms with Crippen LogP contribution in [0.1, 0.15) is 21.5 Å². The molecule has 0 bridgehead atoms. The third-order valence-corrected chi connectivity index (χ3v) is 3.42. The first-order chi connectivity index (χ1) is 9.49.